The Balaban J connectivity index is 0.00000261. The van der Waals surface area contributed by atoms with Gasteiger partial charge < -0.3 is 28.4 Å². The van der Waals surface area contributed by atoms with E-state index in [9.17, 15) is 0 Å². The van der Waals surface area contributed by atoms with E-state index in [4.69, 9.17) is 28.4 Å². The van der Waals surface area contributed by atoms with Crippen LogP contribution in [0.5, 0.6) is 17.2 Å². The van der Waals surface area contributed by atoms with E-state index < -0.39 is 0 Å². The monoisotopic (exact) mass is 498 g/mol. The van der Waals surface area contributed by atoms with Crippen molar-refractivity contribution >= 4 is 0 Å². The van der Waals surface area contributed by atoms with E-state index >= 15 is 0 Å². The first kappa shape index (κ1) is 23.8. The zero-order valence-corrected chi connectivity index (χ0v) is 22.9. The summed E-state index contributed by atoms with van der Waals surface area (Å²) in [6.07, 6.45) is 2.66. The first-order valence-electron chi connectivity index (χ1n) is 9.36. The predicted octanol–water partition coefficient (Wildman–Crippen LogP) is 0.444. The van der Waals surface area contributed by atoms with Gasteiger partial charge in [0.25, 0.3) is 0 Å². The van der Waals surface area contributed by atoms with Gasteiger partial charge in [0.1, 0.15) is 23.9 Å². The van der Waals surface area contributed by atoms with Crippen LogP contribution >= 0.6 is 0 Å². The fourth-order valence-electron chi connectivity index (χ4n) is 3.01. The average Bonchev–Trinajstić information content (AvgIpc) is 3.06. The van der Waals surface area contributed by atoms with Crippen molar-refractivity contribution in [1.29, 1.82) is 0 Å². The second kappa shape index (κ2) is 13.0. The average molecular weight is 498 g/mol. The molecule has 0 aliphatic carbocycles. The van der Waals surface area contributed by atoms with Crippen LogP contribution in [0.15, 0.2) is 18.2 Å². The van der Waals surface area contributed by atoms with Gasteiger partial charge in [-0.05, 0) is 25.2 Å². The molecule has 0 bridgehead atoms. The van der Waals surface area contributed by atoms with E-state index in [0.717, 1.165) is 38.2 Å². The van der Waals surface area contributed by atoms with E-state index in [1.807, 2.05) is 24.8 Å². The second-order valence-corrected chi connectivity index (χ2v) is 6.88. The molecule has 2 aliphatic rings. The quantitative estimate of drug-likeness (QED) is 0.364. The molecule has 146 valence electrons. The summed E-state index contributed by atoms with van der Waals surface area (Å²) in [6, 6.07) is 5.66. The third-order valence-corrected chi connectivity index (χ3v) is 4.53. The molecule has 0 radical (unpaired) electrons. The molecule has 2 aliphatic heterocycles. The van der Waals surface area contributed by atoms with Crippen molar-refractivity contribution in [3.63, 3.8) is 0 Å². The fourth-order valence-corrected chi connectivity index (χ4v) is 3.01. The molecule has 3 rings (SSSR count). The number of ether oxygens (including phenoxy) is 6. The Morgan fingerprint density at radius 1 is 1.04 bits per heavy atom. The Bertz CT molecular complexity index is 549. The van der Waals surface area contributed by atoms with Crippen LogP contribution in [0.1, 0.15) is 26.2 Å². The summed E-state index contributed by atoms with van der Waals surface area (Å²) >= 11 is 0. The summed E-state index contributed by atoms with van der Waals surface area (Å²) in [7, 11) is 1.65. The van der Waals surface area contributed by atoms with Gasteiger partial charge in [-0.1, -0.05) is 6.92 Å². The van der Waals surface area contributed by atoms with E-state index in [0.29, 0.717) is 43.2 Å². The summed E-state index contributed by atoms with van der Waals surface area (Å²) in [5.74, 6) is 3.06. The van der Waals surface area contributed by atoms with Crippen molar-refractivity contribution in [2.45, 2.75) is 32.5 Å². The van der Waals surface area contributed by atoms with Crippen molar-refractivity contribution in [2.75, 3.05) is 40.1 Å². The predicted molar refractivity (Wildman–Crippen MR) is 96.4 cm³/mol. The topological polar surface area (TPSA) is 55.4 Å². The molecule has 1 aromatic carbocycles. The van der Waals surface area contributed by atoms with Crippen molar-refractivity contribution in [3.8, 4) is 17.2 Å². The number of hydrogen-bond donors (Lipinski definition) is 0. The third-order valence-electron chi connectivity index (χ3n) is 4.53. The van der Waals surface area contributed by atoms with Gasteiger partial charge in [0.15, 0.2) is 6.29 Å². The molecule has 2 atom stereocenters. The van der Waals surface area contributed by atoms with Gasteiger partial charge in [-0.3, -0.25) is 0 Å². The van der Waals surface area contributed by atoms with Crippen molar-refractivity contribution in [3.05, 3.63) is 24.8 Å². The van der Waals surface area contributed by atoms with Gasteiger partial charge in [-0.25, -0.2) is 6.61 Å². The molecule has 7 heteroatoms. The molecule has 1 aromatic rings. The molecule has 1 unspecified atom stereocenters. The summed E-state index contributed by atoms with van der Waals surface area (Å²) in [5.41, 5.74) is 0. The molecule has 6 nitrogen and oxygen atoms in total. The Kier molecular flexibility index (Phi) is 11.5. The molecular formula is C20H29CsO6. The molecular weight excluding hydrogens is 469 g/mol. The Hall–Kier alpha value is 0.552. The van der Waals surface area contributed by atoms with Gasteiger partial charge in [0.2, 0.25) is 0 Å². The first-order chi connectivity index (χ1) is 12.7. The van der Waals surface area contributed by atoms with Crippen LogP contribution in [0.3, 0.4) is 0 Å². The van der Waals surface area contributed by atoms with Crippen LogP contribution in [0.4, 0.5) is 0 Å². The largest absolute Gasteiger partial charge is 1.00 e. The molecule has 2 fully saturated rings. The Labute approximate surface area is 221 Å². The molecule has 0 saturated carbocycles. The first-order valence-corrected chi connectivity index (χ1v) is 9.36. The third kappa shape index (κ3) is 8.44. The normalized spacial score (nSPS) is 22.9. The van der Waals surface area contributed by atoms with Crippen molar-refractivity contribution < 1.29 is 97.3 Å². The minimum Gasteiger partial charge on any atom is -0.520 e. The smallest absolute Gasteiger partial charge is 0.520 e. The summed E-state index contributed by atoms with van der Waals surface area (Å²) in [6.45, 7) is 7.25. The van der Waals surface area contributed by atoms with Gasteiger partial charge in [-0.15, -0.1) is 5.92 Å². The van der Waals surface area contributed by atoms with Crippen molar-refractivity contribution in [2.24, 2.45) is 11.8 Å². The molecule has 2 heterocycles. The maximum atomic E-state index is 6.02. The molecule has 0 spiro atoms. The Morgan fingerprint density at radius 2 is 1.74 bits per heavy atom. The van der Waals surface area contributed by atoms with E-state index in [2.05, 4.69) is 6.92 Å². The zero-order valence-electron chi connectivity index (χ0n) is 16.6. The van der Waals surface area contributed by atoms with Gasteiger partial charge >= 0.3 is 68.9 Å². The minimum absolute atomic E-state index is 0. The maximum absolute atomic E-state index is 6.02. The van der Waals surface area contributed by atoms with Crippen LogP contribution in [0.25, 0.3) is 0 Å². The maximum Gasteiger partial charge on any atom is 1.00 e. The Morgan fingerprint density at radius 3 is 2.41 bits per heavy atom. The van der Waals surface area contributed by atoms with E-state index in [-0.39, 0.29) is 75.2 Å². The molecule has 0 N–H and O–H groups in total. The van der Waals surface area contributed by atoms with Crippen molar-refractivity contribution in [1.82, 2.24) is 0 Å². The molecule has 0 amide bonds. The number of rotatable bonds is 9. The van der Waals surface area contributed by atoms with Crippen LogP contribution < -0.4 is 83.1 Å². The van der Waals surface area contributed by atoms with Crippen LogP contribution in [0, 0.1) is 18.4 Å². The van der Waals surface area contributed by atoms with Gasteiger partial charge in [0.05, 0.1) is 13.2 Å². The summed E-state index contributed by atoms with van der Waals surface area (Å²) in [4.78, 5) is 0. The SMILES string of the molecule is COCCOc1cc(OCC2CCOCC2)cc(OC2C[C@@H](C)[CH-]O2)c1.[Cs+]. The fraction of sp³-hybridized carbons (Fsp3) is 0.650. The standard InChI is InChI=1S/C20H29O6.Cs/c1-15-9-20(25-13-15)26-19-11-17(23-8-7-21-2)10-18(12-19)24-14-16-3-5-22-6-4-16;/h10-13,15-16,20H,3-9,14H2,1-2H3;/q-1;+1/t15-,20?;/m1./s1. The van der Waals surface area contributed by atoms with E-state index in [1.54, 1.807) is 7.11 Å². The molecule has 2 saturated heterocycles. The van der Waals surface area contributed by atoms with Gasteiger partial charge in [0, 0.05) is 38.5 Å². The van der Waals surface area contributed by atoms with Crippen LogP contribution in [-0.2, 0) is 14.2 Å². The number of hydrogen-bond acceptors (Lipinski definition) is 6. The number of methoxy groups -OCH3 is 1. The zero-order chi connectivity index (χ0) is 18.2. The molecule has 0 aromatic heterocycles. The van der Waals surface area contributed by atoms with Crippen LogP contribution in [0.2, 0.25) is 0 Å². The molecule has 27 heavy (non-hydrogen) atoms. The minimum atomic E-state index is -0.262. The van der Waals surface area contributed by atoms with E-state index in [1.165, 1.54) is 0 Å². The summed E-state index contributed by atoms with van der Waals surface area (Å²) in [5, 5.41) is 0. The van der Waals surface area contributed by atoms with Gasteiger partial charge in [-0.2, -0.15) is 0 Å². The second-order valence-electron chi connectivity index (χ2n) is 6.88. The summed E-state index contributed by atoms with van der Waals surface area (Å²) < 4.78 is 33.7. The number of benzene rings is 1. The van der Waals surface area contributed by atoms with Crippen LogP contribution in [-0.4, -0.2) is 46.4 Å².